The smallest absolute Gasteiger partial charge is 0.314 e. The molecule has 0 spiro atoms. The SMILES string of the molecule is CC(C)(CBr)COCC(C)(C)C(=O)OC(C)(C)C. The maximum atomic E-state index is 12.0. The number of carbonyl (C=O) groups excluding carboxylic acids is 1. The van der Waals surface area contributed by atoms with Crippen molar-refractivity contribution in [2.24, 2.45) is 10.8 Å². The van der Waals surface area contributed by atoms with Crippen molar-refractivity contribution in [3.8, 4) is 0 Å². The summed E-state index contributed by atoms with van der Waals surface area (Å²) >= 11 is 3.45. The minimum atomic E-state index is -0.615. The van der Waals surface area contributed by atoms with E-state index in [1.165, 1.54) is 0 Å². The topological polar surface area (TPSA) is 35.5 Å². The molecule has 0 bridgehead atoms. The highest BCUT2D eigenvalue weighted by Crippen LogP contribution is 2.24. The zero-order valence-corrected chi connectivity index (χ0v) is 14.3. The lowest BCUT2D eigenvalue weighted by Crippen LogP contribution is -2.37. The normalized spacial score (nSPS) is 13.6. The van der Waals surface area contributed by atoms with E-state index in [0.29, 0.717) is 13.2 Å². The van der Waals surface area contributed by atoms with Gasteiger partial charge in [0.2, 0.25) is 0 Å². The van der Waals surface area contributed by atoms with Gasteiger partial charge >= 0.3 is 5.97 Å². The highest BCUT2D eigenvalue weighted by atomic mass is 79.9. The largest absolute Gasteiger partial charge is 0.459 e. The van der Waals surface area contributed by atoms with Crippen LogP contribution in [0.5, 0.6) is 0 Å². The molecule has 0 aromatic heterocycles. The molecule has 0 fully saturated rings. The Balaban J connectivity index is 4.27. The first-order valence-electron chi connectivity index (χ1n) is 6.27. The van der Waals surface area contributed by atoms with Crippen LogP contribution in [0.1, 0.15) is 48.5 Å². The van der Waals surface area contributed by atoms with Crippen LogP contribution >= 0.6 is 15.9 Å². The fourth-order valence-corrected chi connectivity index (χ4v) is 1.26. The zero-order chi connectivity index (χ0) is 14.6. The van der Waals surface area contributed by atoms with Gasteiger partial charge in [0.1, 0.15) is 5.60 Å². The number of hydrogen-bond acceptors (Lipinski definition) is 3. The third kappa shape index (κ3) is 7.37. The number of alkyl halides is 1. The molecule has 0 N–H and O–H groups in total. The van der Waals surface area contributed by atoms with E-state index < -0.39 is 11.0 Å². The summed E-state index contributed by atoms with van der Waals surface area (Å²) in [6.45, 7) is 14.5. The van der Waals surface area contributed by atoms with Gasteiger partial charge in [-0.25, -0.2) is 0 Å². The average molecular weight is 323 g/mol. The number of ether oxygens (including phenoxy) is 2. The molecule has 3 nitrogen and oxygen atoms in total. The quantitative estimate of drug-likeness (QED) is 0.551. The van der Waals surface area contributed by atoms with E-state index in [4.69, 9.17) is 9.47 Å². The third-order valence-corrected chi connectivity index (χ3v) is 3.79. The second kappa shape index (κ2) is 6.38. The van der Waals surface area contributed by atoms with Crippen LogP contribution < -0.4 is 0 Å². The molecule has 0 atom stereocenters. The summed E-state index contributed by atoms with van der Waals surface area (Å²) in [5.74, 6) is -0.216. The van der Waals surface area contributed by atoms with E-state index in [-0.39, 0.29) is 11.4 Å². The molecular weight excluding hydrogens is 296 g/mol. The number of halogens is 1. The van der Waals surface area contributed by atoms with Crippen molar-refractivity contribution >= 4 is 21.9 Å². The highest BCUT2D eigenvalue weighted by molar-refractivity contribution is 9.09. The van der Waals surface area contributed by atoms with Crippen LogP contribution in [0.4, 0.5) is 0 Å². The minimum absolute atomic E-state index is 0.0734. The predicted octanol–water partition coefficient (Wildman–Crippen LogP) is 3.79. The Kier molecular flexibility index (Phi) is 6.34. The first-order chi connectivity index (χ1) is 7.90. The van der Waals surface area contributed by atoms with Crippen molar-refractivity contribution in [3.05, 3.63) is 0 Å². The lowest BCUT2D eigenvalue weighted by Gasteiger charge is -2.29. The number of carbonyl (C=O) groups is 1. The van der Waals surface area contributed by atoms with Crippen molar-refractivity contribution in [2.75, 3.05) is 18.5 Å². The Labute approximate surface area is 120 Å². The summed E-state index contributed by atoms with van der Waals surface area (Å²) in [4.78, 5) is 12.0. The lowest BCUT2D eigenvalue weighted by molar-refractivity contribution is -0.169. The van der Waals surface area contributed by atoms with Crippen molar-refractivity contribution in [1.82, 2.24) is 0 Å². The van der Waals surface area contributed by atoms with Crippen LogP contribution in [0.2, 0.25) is 0 Å². The van der Waals surface area contributed by atoms with Crippen LogP contribution in [-0.4, -0.2) is 30.1 Å². The Morgan fingerprint density at radius 3 is 1.89 bits per heavy atom. The highest BCUT2D eigenvalue weighted by Gasteiger charge is 2.33. The molecule has 4 heteroatoms. The molecule has 0 amide bonds. The molecule has 0 saturated carbocycles. The Morgan fingerprint density at radius 2 is 1.50 bits per heavy atom. The summed E-state index contributed by atoms with van der Waals surface area (Å²) in [6.07, 6.45) is 0. The van der Waals surface area contributed by atoms with Crippen molar-refractivity contribution in [3.63, 3.8) is 0 Å². The predicted molar refractivity (Wildman–Crippen MR) is 78.0 cm³/mol. The molecule has 0 aromatic carbocycles. The molecule has 18 heavy (non-hydrogen) atoms. The van der Waals surface area contributed by atoms with E-state index in [9.17, 15) is 4.79 Å². The van der Waals surface area contributed by atoms with Gasteiger partial charge in [-0.05, 0) is 40.0 Å². The molecule has 0 unspecified atom stereocenters. The van der Waals surface area contributed by atoms with E-state index in [2.05, 4.69) is 29.8 Å². The number of hydrogen-bond donors (Lipinski definition) is 0. The van der Waals surface area contributed by atoms with E-state index in [1.54, 1.807) is 0 Å². The van der Waals surface area contributed by atoms with Crippen molar-refractivity contribution in [1.29, 1.82) is 0 Å². The van der Waals surface area contributed by atoms with Crippen LogP contribution in [0, 0.1) is 10.8 Å². The summed E-state index contributed by atoms with van der Waals surface area (Å²) in [6, 6.07) is 0. The molecule has 0 aliphatic heterocycles. The molecule has 108 valence electrons. The van der Waals surface area contributed by atoms with Gasteiger partial charge in [0.05, 0.1) is 18.6 Å². The summed E-state index contributed by atoms with van der Waals surface area (Å²) in [5.41, 5.74) is -0.997. The molecular formula is C14H27BrO3. The van der Waals surface area contributed by atoms with E-state index in [0.717, 1.165) is 5.33 Å². The Bertz CT molecular complexity index is 277. The molecule has 0 aliphatic carbocycles. The summed E-state index contributed by atoms with van der Waals surface area (Å²) in [5, 5.41) is 0.868. The van der Waals surface area contributed by atoms with Gasteiger partial charge in [-0.15, -0.1) is 0 Å². The first kappa shape index (κ1) is 17.9. The molecule has 0 aliphatic rings. The van der Waals surface area contributed by atoms with Crippen molar-refractivity contribution < 1.29 is 14.3 Å². The van der Waals surface area contributed by atoms with Gasteiger partial charge < -0.3 is 9.47 Å². The minimum Gasteiger partial charge on any atom is -0.459 e. The number of esters is 1. The van der Waals surface area contributed by atoms with Gasteiger partial charge in [0.15, 0.2) is 0 Å². The molecule has 0 heterocycles. The fraction of sp³-hybridized carbons (Fsp3) is 0.929. The molecule has 0 saturated heterocycles. The Morgan fingerprint density at radius 1 is 1.00 bits per heavy atom. The summed E-state index contributed by atoms with van der Waals surface area (Å²) in [7, 11) is 0. The second-order valence-electron chi connectivity index (χ2n) is 7.18. The maximum Gasteiger partial charge on any atom is 0.314 e. The number of rotatable bonds is 6. The Hall–Kier alpha value is -0.0900. The van der Waals surface area contributed by atoms with Gasteiger partial charge in [0.25, 0.3) is 0 Å². The maximum absolute atomic E-state index is 12.0. The van der Waals surface area contributed by atoms with Crippen LogP contribution in [0.25, 0.3) is 0 Å². The van der Waals surface area contributed by atoms with Gasteiger partial charge in [-0.3, -0.25) is 4.79 Å². The van der Waals surface area contributed by atoms with Gasteiger partial charge in [-0.2, -0.15) is 0 Å². The third-order valence-electron chi connectivity index (χ3n) is 2.27. The summed E-state index contributed by atoms with van der Waals surface area (Å²) < 4.78 is 11.0. The van der Waals surface area contributed by atoms with Gasteiger partial charge in [0, 0.05) is 5.33 Å². The van der Waals surface area contributed by atoms with Crippen LogP contribution in [0.15, 0.2) is 0 Å². The van der Waals surface area contributed by atoms with E-state index >= 15 is 0 Å². The van der Waals surface area contributed by atoms with Gasteiger partial charge in [-0.1, -0.05) is 29.8 Å². The monoisotopic (exact) mass is 322 g/mol. The van der Waals surface area contributed by atoms with Crippen LogP contribution in [0.3, 0.4) is 0 Å². The second-order valence-corrected chi connectivity index (χ2v) is 7.74. The first-order valence-corrected chi connectivity index (χ1v) is 7.39. The zero-order valence-electron chi connectivity index (χ0n) is 12.7. The standard InChI is InChI=1S/C14H27BrO3/c1-12(2,3)18-11(16)14(6,7)10-17-9-13(4,5)8-15/h8-10H2,1-7H3. The van der Waals surface area contributed by atoms with E-state index in [1.807, 2.05) is 34.6 Å². The lowest BCUT2D eigenvalue weighted by atomic mass is 9.94. The van der Waals surface area contributed by atoms with Crippen LogP contribution in [-0.2, 0) is 14.3 Å². The molecule has 0 rings (SSSR count). The molecule has 0 aromatic rings. The molecule has 0 radical (unpaired) electrons. The fourth-order valence-electron chi connectivity index (χ4n) is 1.10. The average Bonchev–Trinajstić information content (AvgIpc) is 2.14. The van der Waals surface area contributed by atoms with Crippen molar-refractivity contribution in [2.45, 2.75) is 54.1 Å².